The zero-order valence-electron chi connectivity index (χ0n) is 14.6. The SMILES string of the molecule is CCOC(=O)C1=C(c2cccc(-c3ccccc3)c2)CCN(C(=O)O)C1. The number of carboxylic acid groups (broad SMARTS) is 1. The number of rotatable bonds is 4. The molecule has 0 saturated carbocycles. The number of benzene rings is 2. The average molecular weight is 351 g/mol. The van der Waals surface area contributed by atoms with Gasteiger partial charge in [0.2, 0.25) is 0 Å². The van der Waals surface area contributed by atoms with Gasteiger partial charge in [-0.1, -0.05) is 48.5 Å². The molecular weight excluding hydrogens is 330 g/mol. The van der Waals surface area contributed by atoms with Crippen molar-refractivity contribution in [1.29, 1.82) is 0 Å². The fourth-order valence-electron chi connectivity index (χ4n) is 3.17. The molecule has 1 amide bonds. The van der Waals surface area contributed by atoms with Crippen molar-refractivity contribution >= 4 is 17.6 Å². The van der Waals surface area contributed by atoms with Crippen molar-refractivity contribution in [3.05, 3.63) is 65.7 Å². The van der Waals surface area contributed by atoms with E-state index >= 15 is 0 Å². The average Bonchev–Trinajstić information content (AvgIpc) is 2.68. The summed E-state index contributed by atoms with van der Waals surface area (Å²) in [5.74, 6) is -0.446. The van der Waals surface area contributed by atoms with Crippen LogP contribution in [0.2, 0.25) is 0 Å². The molecule has 0 aliphatic carbocycles. The molecular formula is C21H21NO4. The summed E-state index contributed by atoms with van der Waals surface area (Å²) in [5.41, 5.74) is 4.36. The van der Waals surface area contributed by atoms with Gasteiger partial charge in [-0.15, -0.1) is 0 Å². The molecule has 0 atom stereocenters. The molecule has 134 valence electrons. The summed E-state index contributed by atoms with van der Waals surface area (Å²) in [7, 11) is 0. The maximum Gasteiger partial charge on any atom is 0.407 e. The Morgan fingerprint density at radius 1 is 1.04 bits per heavy atom. The van der Waals surface area contributed by atoms with Crippen molar-refractivity contribution in [2.24, 2.45) is 0 Å². The maximum absolute atomic E-state index is 12.4. The van der Waals surface area contributed by atoms with Gasteiger partial charge in [0.05, 0.1) is 18.7 Å². The Balaban J connectivity index is 2.02. The summed E-state index contributed by atoms with van der Waals surface area (Å²) in [6, 6.07) is 18.0. The standard InChI is InChI=1S/C21H21NO4/c1-2-26-20(23)19-14-22(21(24)25)12-11-18(19)17-10-6-9-16(13-17)15-7-4-3-5-8-15/h3-10,13H,2,11-12,14H2,1H3,(H,24,25). The number of carbonyl (C=O) groups excluding carboxylic acids is 1. The Kier molecular flexibility index (Phi) is 5.37. The van der Waals surface area contributed by atoms with Gasteiger partial charge in [-0.05, 0) is 41.7 Å². The summed E-state index contributed by atoms with van der Waals surface area (Å²) >= 11 is 0. The van der Waals surface area contributed by atoms with Crippen molar-refractivity contribution in [2.45, 2.75) is 13.3 Å². The summed E-state index contributed by atoms with van der Waals surface area (Å²) < 4.78 is 5.16. The summed E-state index contributed by atoms with van der Waals surface area (Å²) in [6.45, 7) is 2.42. The lowest BCUT2D eigenvalue weighted by molar-refractivity contribution is -0.138. The zero-order valence-corrected chi connectivity index (χ0v) is 14.6. The fraction of sp³-hybridized carbons (Fsp3) is 0.238. The smallest absolute Gasteiger partial charge is 0.407 e. The highest BCUT2D eigenvalue weighted by Gasteiger charge is 2.28. The number of amides is 1. The molecule has 5 heteroatoms. The highest BCUT2D eigenvalue weighted by atomic mass is 16.5. The van der Waals surface area contributed by atoms with Gasteiger partial charge in [0, 0.05) is 6.54 Å². The normalized spacial score (nSPS) is 14.3. The Morgan fingerprint density at radius 2 is 1.73 bits per heavy atom. The van der Waals surface area contributed by atoms with Crippen LogP contribution >= 0.6 is 0 Å². The highest BCUT2D eigenvalue weighted by Crippen LogP contribution is 2.31. The molecule has 0 unspecified atom stereocenters. The largest absolute Gasteiger partial charge is 0.465 e. The van der Waals surface area contributed by atoms with E-state index in [4.69, 9.17) is 4.74 Å². The molecule has 0 aromatic heterocycles. The van der Waals surface area contributed by atoms with Crippen LogP contribution in [-0.4, -0.2) is 41.8 Å². The molecule has 26 heavy (non-hydrogen) atoms. The maximum atomic E-state index is 12.4. The van der Waals surface area contributed by atoms with Gasteiger partial charge in [0.15, 0.2) is 0 Å². The van der Waals surface area contributed by atoms with Crippen LogP contribution in [0.5, 0.6) is 0 Å². The summed E-state index contributed by atoms with van der Waals surface area (Å²) in [5, 5.41) is 9.27. The van der Waals surface area contributed by atoms with Crippen LogP contribution in [0.3, 0.4) is 0 Å². The number of carbonyl (C=O) groups is 2. The molecule has 0 fully saturated rings. The van der Waals surface area contributed by atoms with Crippen LogP contribution in [0.4, 0.5) is 4.79 Å². The van der Waals surface area contributed by atoms with E-state index in [1.165, 1.54) is 4.90 Å². The number of hydrogen-bond acceptors (Lipinski definition) is 3. The van der Waals surface area contributed by atoms with Gasteiger partial charge in [0.1, 0.15) is 0 Å². The Labute approximate surface area is 152 Å². The molecule has 5 nitrogen and oxygen atoms in total. The molecule has 2 aromatic carbocycles. The lowest BCUT2D eigenvalue weighted by atomic mass is 9.91. The number of nitrogens with zero attached hydrogens (tertiary/aromatic N) is 1. The van der Waals surface area contributed by atoms with Gasteiger partial charge < -0.3 is 14.7 Å². The first kappa shape index (κ1) is 17.7. The van der Waals surface area contributed by atoms with E-state index in [-0.39, 0.29) is 13.2 Å². The van der Waals surface area contributed by atoms with Crippen LogP contribution in [0.25, 0.3) is 16.7 Å². The van der Waals surface area contributed by atoms with E-state index in [1.807, 2.05) is 54.6 Å². The van der Waals surface area contributed by atoms with Crippen molar-refractivity contribution in [3.8, 4) is 11.1 Å². The molecule has 1 aliphatic rings. The first-order chi connectivity index (χ1) is 12.6. The summed E-state index contributed by atoms with van der Waals surface area (Å²) in [6.07, 6.45) is -0.539. The van der Waals surface area contributed by atoms with Crippen molar-refractivity contribution < 1.29 is 19.4 Å². The minimum Gasteiger partial charge on any atom is -0.465 e. The van der Waals surface area contributed by atoms with Crippen LogP contribution in [0.15, 0.2) is 60.2 Å². The molecule has 0 bridgehead atoms. The lowest BCUT2D eigenvalue weighted by Gasteiger charge is -2.28. The molecule has 2 aromatic rings. The third kappa shape index (κ3) is 3.77. The minimum absolute atomic E-state index is 0.0546. The molecule has 1 aliphatic heterocycles. The van der Waals surface area contributed by atoms with Crippen LogP contribution in [-0.2, 0) is 9.53 Å². The van der Waals surface area contributed by atoms with E-state index in [0.717, 1.165) is 22.3 Å². The number of ether oxygens (including phenoxy) is 1. The van der Waals surface area contributed by atoms with E-state index in [1.54, 1.807) is 6.92 Å². The molecule has 1 heterocycles. The second-order valence-electron chi connectivity index (χ2n) is 6.08. The topological polar surface area (TPSA) is 66.8 Å². The minimum atomic E-state index is -1.02. The van der Waals surface area contributed by atoms with Crippen molar-refractivity contribution in [1.82, 2.24) is 4.90 Å². The number of hydrogen-bond donors (Lipinski definition) is 1. The quantitative estimate of drug-likeness (QED) is 0.844. The lowest BCUT2D eigenvalue weighted by Crippen LogP contribution is -2.38. The first-order valence-corrected chi connectivity index (χ1v) is 8.63. The Hall–Kier alpha value is -3.08. The molecule has 3 rings (SSSR count). The highest BCUT2D eigenvalue weighted by molar-refractivity contribution is 5.99. The predicted molar refractivity (Wildman–Crippen MR) is 99.6 cm³/mol. The van der Waals surface area contributed by atoms with Gasteiger partial charge in [-0.2, -0.15) is 0 Å². The van der Waals surface area contributed by atoms with Crippen molar-refractivity contribution in [2.75, 3.05) is 19.7 Å². The third-order valence-electron chi connectivity index (χ3n) is 4.46. The van der Waals surface area contributed by atoms with Crippen molar-refractivity contribution in [3.63, 3.8) is 0 Å². The first-order valence-electron chi connectivity index (χ1n) is 8.63. The molecule has 1 N–H and O–H groups in total. The second-order valence-corrected chi connectivity index (χ2v) is 6.08. The van der Waals surface area contributed by atoms with Gasteiger partial charge in [-0.25, -0.2) is 9.59 Å². The van der Waals surface area contributed by atoms with Crippen LogP contribution in [0.1, 0.15) is 18.9 Å². The van der Waals surface area contributed by atoms with Gasteiger partial charge in [0.25, 0.3) is 0 Å². The van der Waals surface area contributed by atoms with Crippen LogP contribution < -0.4 is 0 Å². The van der Waals surface area contributed by atoms with E-state index in [2.05, 4.69) is 0 Å². The van der Waals surface area contributed by atoms with Gasteiger partial charge >= 0.3 is 12.1 Å². The van der Waals surface area contributed by atoms with E-state index in [9.17, 15) is 14.7 Å². The fourth-order valence-corrected chi connectivity index (χ4v) is 3.17. The zero-order chi connectivity index (χ0) is 18.5. The Bertz CT molecular complexity index is 842. The second kappa shape index (κ2) is 7.87. The Morgan fingerprint density at radius 3 is 2.42 bits per heavy atom. The molecule has 0 spiro atoms. The number of esters is 1. The van der Waals surface area contributed by atoms with E-state index in [0.29, 0.717) is 18.5 Å². The van der Waals surface area contributed by atoms with Crippen LogP contribution in [0, 0.1) is 0 Å². The van der Waals surface area contributed by atoms with E-state index < -0.39 is 12.1 Å². The molecule has 0 saturated heterocycles. The monoisotopic (exact) mass is 351 g/mol. The van der Waals surface area contributed by atoms with Gasteiger partial charge in [-0.3, -0.25) is 0 Å². The summed E-state index contributed by atoms with van der Waals surface area (Å²) in [4.78, 5) is 25.0. The predicted octanol–water partition coefficient (Wildman–Crippen LogP) is 4.05. The third-order valence-corrected chi connectivity index (χ3v) is 4.46. The molecule has 0 radical (unpaired) electrons.